The van der Waals surface area contributed by atoms with Crippen LogP contribution in [0.2, 0.25) is 10.0 Å². The van der Waals surface area contributed by atoms with Gasteiger partial charge in [0.05, 0.1) is 17.8 Å². The van der Waals surface area contributed by atoms with E-state index in [2.05, 4.69) is 5.32 Å². The van der Waals surface area contributed by atoms with Gasteiger partial charge in [-0.2, -0.15) is 0 Å². The van der Waals surface area contributed by atoms with Gasteiger partial charge in [-0.25, -0.2) is 0 Å². The molecule has 0 bridgehead atoms. The number of benzene rings is 2. The second-order valence-corrected chi connectivity index (χ2v) is 5.58. The first kappa shape index (κ1) is 21.5. The lowest BCUT2D eigenvalue weighted by Crippen LogP contribution is -2.31. The molecule has 2 aromatic rings. The van der Waals surface area contributed by atoms with Crippen LogP contribution in [0.1, 0.15) is 13.8 Å². The molecule has 0 aliphatic carbocycles. The van der Waals surface area contributed by atoms with Crippen LogP contribution in [-0.4, -0.2) is 29.5 Å². The number of methoxy groups -OCH3 is 1. The van der Waals surface area contributed by atoms with E-state index in [0.29, 0.717) is 22.2 Å². The third kappa shape index (κ3) is 6.06. The zero-order valence-corrected chi connectivity index (χ0v) is 16.2. The fraction of sp³-hybridized carbons (Fsp3) is 0.188. The summed E-state index contributed by atoms with van der Waals surface area (Å²) in [6.45, 7) is 4.00. The summed E-state index contributed by atoms with van der Waals surface area (Å²) < 4.78 is 10.7. The largest absolute Gasteiger partial charge is 0.493 e. The Morgan fingerprint density at radius 2 is 1.80 bits per heavy atom. The summed E-state index contributed by atoms with van der Waals surface area (Å²) in [7, 11) is -0.201. The van der Waals surface area contributed by atoms with E-state index in [-0.39, 0.29) is 15.7 Å². The Morgan fingerprint density at radius 1 is 1.12 bits per heavy atom. The maximum absolute atomic E-state index is 9.24. The lowest BCUT2D eigenvalue weighted by atomic mass is 9.80. The number of halogens is 2. The molecule has 3 N–H and O–H groups in total. The molecule has 0 spiro atoms. The van der Waals surface area contributed by atoms with E-state index < -0.39 is 7.12 Å². The lowest BCUT2D eigenvalue weighted by molar-refractivity contribution is 0.392. The van der Waals surface area contributed by atoms with Crippen molar-refractivity contribution in [3.05, 3.63) is 46.4 Å². The summed E-state index contributed by atoms with van der Waals surface area (Å²) in [5, 5.41) is 21.9. The molecule has 9 heteroatoms. The van der Waals surface area contributed by atoms with E-state index >= 15 is 0 Å². The van der Waals surface area contributed by atoms with Gasteiger partial charge in [0.2, 0.25) is 0 Å². The Kier molecular flexibility index (Phi) is 9.03. The maximum atomic E-state index is 9.24. The number of ether oxygens (including phenoxy) is 2. The van der Waals surface area contributed by atoms with Crippen molar-refractivity contribution in [2.45, 2.75) is 13.8 Å². The standard InChI is InChI=1S/C14H12BCl2NO4S.C2H6/c1-21-12-7-8(16)5-6-11(12)22-14(23)18-10-4-2-3-9(13(10)17)15(19)20;1-2/h2-7,19-20H,1H3,(H,18,23);1-2H3. The minimum absolute atomic E-state index is 0.0112. The number of thiocarbonyl (C=S) groups is 1. The van der Waals surface area contributed by atoms with Crippen molar-refractivity contribution in [2.24, 2.45) is 0 Å². The Balaban J connectivity index is 0.00000151. The zero-order chi connectivity index (χ0) is 19.0. The molecule has 0 saturated heterocycles. The molecular weight excluding hydrogens is 384 g/mol. The zero-order valence-electron chi connectivity index (χ0n) is 13.9. The van der Waals surface area contributed by atoms with Gasteiger partial charge in [0, 0.05) is 16.6 Å². The first-order valence-corrected chi connectivity index (χ1v) is 8.55. The third-order valence-electron chi connectivity index (χ3n) is 2.87. The van der Waals surface area contributed by atoms with Gasteiger partial charge in [0.1, 0.15) is 0 Å². The lowest BCUT2D eigenvalue weighted by Gasteiger charge is -2.14. The highest BCUT2D eigenvalue weighted by molar-refractivity contribution is 7.80. The molecule has 0 aliphatic heterocycles. The van der Waals surface area contributed by atoms with Crippen molar-refractivity contribution >= 4 is 58.9 Å². The smallest absolute Gasteiger partial charge is 0.490 e. The monoisotopic (exact) mass is 401 g/mol. The number of hydrogen-bond acceptors (Lipinski definition) is 5. The highest BCUT2D eigenvalue weighted by Gasteiger charge is 2.18. The fourth-order valence-corrected chi connectivity index (χ4v) is 2.44. The van der Waals surface area contributed by atoms with Gasteiger partial charge in [0.25, 0.3) is 5.17 Å². The van der Waals surface area contributed by atoms with E-state index in [1.54, 1.807) is 30.3 Å². The molecule has 0 heterocycles. The minimum atomic E-state index is -1.69. The molecule has 0 aliphatic rings. The summed E-state index contributed by atoms with van der Waals surface area (Å²) in [5.41, 5.74) is 0.540. The molecule has 0 fully saturated rings. The van der Waals surface area contributed by atoms with Crippen LogP contribution < -0.4 is 20.3 Å². The van der Waals surface area contributed by atoms with Gasteiger partial charge in [-0.3, -0.25) is 0 Å². The van der Waals surface area contributed by atoms with Crippen LogP contribution in [0.25, 0.3) is 0 Å². The van der Waals surface area contributed by atoms with E-state index in [9.17, 15) is 10.0 Å². The Labute approximate surface area is 162 Å². The SMILES string of the molecule is CC.COc1cc(Cl)ccc1OC(=S)Nc1cccc(B(O)O)c1Cl. The number of anilines is 1. The average molecular weight is 402 g/mol. The summed E-state index contributed by atoms with van der Waals surface area (Å²) in [5.74, 6) is 0.802. The van der Waals surface area contributed by atoms with Crippen molar-refractivity contribution in [3.8, 4) is 11.5 Å². The molecule has 2 aromatic carbocycles. The van der Waals surface area contributed by atoms with Gasteiger partial charge < -0.3 is 24.8 Å². The van der Waals surface area contributed by atoms with Crippen LogP contribution in [0.15, 0.2) is 36.4 Å². The van der Waals surface area contributed by atoms with Crippen molar-refractivity contribution < 1.29 is 19.5 Å². The van der Waals surface area contributed by atoms with Crippen LogP contribution in [0.3, 0.4) is 0 Å². The van der Waals surface area contributed by atoms with E-state index in [0.717, 1.165) is 0 Å². The van der Waals surface area contributed by atoms with Gasteiger partial charge >= 0.3 is 7.12 Å². The van der Waals surface area contributed by atoms with Crippen LogP contribution in [-0.2, 0) is 0 Å². The molecule has 0 aromatic heterocycles. The molecule has 5 nitrogen and oxygen atoms in total. The molecule has 134 valence electrons. The van der Waals surface area contributed by atoms with Gasteiger partial charge in [0.15, 0.2) is 11.5 Å². The second kappa shape index (κ2) is 10.5. The molecule has 0 radical (unpaired) electrons. The predicted octanol–water partition coefficient (Wildman–Crippen LogP) is 3.48. The molecule has 0 atom stereocenters. The molecule has 0 unspecified atom stereocenters. The van der Waals surface area contributed by atoms with Crippen LogP contribution in [0, 0.1) is 0 Å². The predicted molar refractivity (Wildman–Crippen MR) is 107 cm³/mol. The number of rotatable bonds is 4. The Morgan fingerprint density at radius 3 is 2.40 bits per heavy atom. The van der Waals surface area contributed by atoms with Crippen molar-refractivity contribution in [1.29, 1.82) is 0 Å². The van der Waals surface area contributed by atoms with E-state index in [1.165, 1.54) is 13.2 Å². The summed E-state index contributed by atoms with van der Waals surface area (Å²) in [6.07, 6.45) is 0. The highest BCUT2D eigenvalue weighted by atomic mass is 35.5. The quantitative estimate of drug-likeness (QED) is 0.538. The Bertz CT molecular complexity index is 731. The van der Waals surface area contributed by atoms with E-state index in [1.807, 2.05) is 13.8 Å². The molecule has 25 heavy (non-hydrogen) atoms. The first-order chi connectivity index (χ1) is 11.9. The maximum Gasteiger partial charge on any atom is 0.490 e. The van der Waals surface area contributed by atoms with Crippen molar-refractivity contribution in [2.75, 3.05) is 12.4 Å². The van der Waals surface area contributed by atoms with Crippen LogP contribution in [0.5, 0.6) is 11.5 Å². The van der Waals surface area contributed by atoms with Crippen molar-refractivity contribution in [1.82, 2.24) is 0 Å². The molecule has 0 saturated carbocycles. The summed E-state index contributed by atoms with van der Waals surface area (Å²) in [6, 6.07) is 9.57. The first-order valence-electron chi connectivity index (χ1n) is 7.39. The van der Waals surface area contributed by atoms with Crippen LogP contribution >= 0.6 is 35.4 Å². The highest BCUT2D eigenvalue weighted by Crippen LogP contribution is 2.30. The topological polar surface area (TPSA) is 71.0 Å². The molecule has 2 rings (SSSR count). The van der Waals surface area contributed by atoms with Crippen LogP contribution in [0.4, 0.5) is 5.69 Å². The second-order valence-electron chi connectivity index (χ2n) is 4.39. The molecular formula is C16H18BCl2NO4S. The molecule has 0 amide bonds. The summed E-state index contributed by atoms with van der Waals surface area (Å²) >= 11 is 17.1. The van der Waals surface area contributed by atoms with Gasteiger partial charge in [-0.1, -0.05) is 49.2 Å². The number of nitrogens with one attached hydrogen (secondary N) is 1. The third-order valence-corrected chi connectivity index (χ3v) is 3.71. The Hall–Kier alpha value is -1.51. The van der Waals surface area contributed by atoms with Gasteiger partial charge in [-0.05, 0) is 30.4 Å². The minimum Gasteiger partial charge on any atom is -0.493 e. The average Bonchev–Trinajstić information content (AvgIpc) is 2.59. The normalized spacial score (nSPS) is 9.56. The summed E-state index contributed by atoms with van der Waals surface area (Å²) in [4.78, 5) is 0. The fourth-order valence-electron chi connectivity index (χ4n) is 1.81. The number of hydrogen-bond donors (Lipinski definition) is 3. The van der Waals surface area contributed by atoms with E-state index in [4.69, 9.17) is 44.9 Å². The van der Waals surface area contributed by atoms with Gasteiger partial charge in [-0.15, -0.1) is 0 Å². The van der Waals surface area contributed by atoms with Crippen molar-refractivity contribution in [3.63, 3.8) is 0 Å².